The molecule has 0 saturated carbocycles. The van der Waals surface area contributed by atoms with Gasteiger partial charge in [-0.2, -0.15) is 0 Å². The Morgan fingerprint density at radius 2 is 1.52 bits per heavy atom. The molecule has 1 fully saturated rings. The van der Waals surface area contributed by atoms with Gasteiger partial charge in [0.05, 0.1) is 29.7 Å². The van der Waals surface area contributed by atoms with Gasteiger partial charge in [-0.3, -0.25) is 19.5 Å². The molecule has 1 N–H and O–H groups in total. The summed E-state index contributed by atoms with van der Waals surface area (Å²) in [4.78, 5) is 31.9. The lowest BCUT2D eigenvalue weighted by Crippen LogP contribution is -2.31. The quantitative estimate of drug-likeness (QED) is 0.234. The van der Waals surface area contributed by atoms with Crippen molar-refractivity contribution in [3.63, 3.8) is 0 Å². The topological polar surface area (TPSA) is 73.2 Å². The number of nitrogens with one attached hydrogen (secondary N) is 1. The monoisotopic (exact) mass is 551 g/mol. The Morgan fingerprint density at radius 3 is 2.33 bits per heavy atom. The Bertz CT molecular complexity index is 1970. The third-order valence-corrected chi connectivity index (χ3v) is 7.96. The summed E-state index contributed by atoms with van der Waals surface area (Å²) in [7, 11) is 0. The number of rotatable bonds is 6. The predicted molar refractivity (Wildman–Crippen MR) is 167 cm³/mol. The van der Waals surface area contributed by atoms with Crippen LogP contribution in [0, 0.1) is 0 Å². The van der Waals surface area contributed by atoms with E-state index in [0.29, 0.717) is 16.5 Å². The second kappa shape index (κ2) is 11.1. The second-order valence-electron chi connectivity index (χ2n) is 10.7. The first-order chi connectivity index (χ1) is 20.6. The highest BCUT2D eigenvalue weighted by Gasteiger charge is 2.28. The van der Waals surface area contributed by atoms with Gasteiger partial charge in [-0.15, -0.1) is 0 Å². The number of fused-ring (bicyclic) bond motifs is 2. The van der Waals surface area contributed by atoms with Crippen molar-refractivity contribution in [1.29, 1.82) is 0 Å². The predicted octanol–water partition coefficient (Wildman–Crippen LogP) is 7.39. The largest absolute Gasteiger partial charge is 0.368 e. The number of hydrogen-bond donors (Lipinski definition) is 1. The fourth-order valence-corrected chi connectivity index (χ4v) is 5.76. The van der Waals surface area contributed by atoms with E-state index in [-0.39, 0.29) is 36.2 Å². The minimum atomic E-state index is -0.323. The summed E-state index contributed by atoms with van der Waals surface area (Å²) in [5, 5.41) is 5.78. The van der Waals surface area contributed by atoms with Crippen LogP contribution in [0.4, 0.5) is 5.95 Å². The third kappa shape index (κ3) is 5.08. The van der Waals surface area contributed by atoms with Gasteiger partial charge in [0.15, 0.2) is 0 Å². The van der Waals surface area contributed by atoms with Crippen molar-refractivity contribution in [3.05, 3.63) is 143 Å². The summed E-state index contributed by atoms with van der Waals surface area (Å²) in [5.74, 6) is -0.111. The lowest BCUT2D eigenvalue weighted by Gasteiger charge is -2.19. The Morgan fingerprint density at radius 1 is 0.786 bits per heavy atom. The molecule has 0 spiro atoms. The van der Waals surface area contributed by atoms with Crippen LogP contribution in [0.5, 0.6) is 0 Å². The molecule has 6 heteroatoms. The Kier molecular flexibility index (Phi) is 6.82. The van der Waals surface area contributed by atoms with E-state index < -0.39 is 0 Å². The lowest BCUT2D eigenvalue weighted by atomic mass is 10.0. The van der Waals surface area contributed by atoms with Crippen LogP contribution >= 0.6 is 0 Å². The van der Waals surface area contributed by atoms with E-state index in [9.17, 15) is 9.59 Å². The molecule has 0 aliphatic carbocycles. The molecular weight excluding hydrogens is 522 g/mol. The van der Waals surface area contributed by atoms with Gasteiger partial charge in [-0.25, -0.2) is 4.98 Å². The zero-order valence-corrected chi connectivity index (χ0v) is 22.9. The van der Waals surface area contributed by atoms with E-state index in [1.54, 1.807) is 28.8 Å². The van der Waals surface area contributed by atoms with Crippen LogP contribution in [-0.2, 0) is 11.3 Å². The second-order valence-corrected chi connectivity index (χ2v) is 10.7. The Hall–Kier alpha value is -5.07. The molecule has 0 radical (unpaired) electrons. The van der Waals surface area contributed by atoms with Crippen molar-refractivity contribution in [2.24, 2.45) is 0 Å². The molecule has 1 aliphatic rings. The first kappa shape index (κ1) is 25.9. The molecule has 6 aromatic rings. The number of nitrogens with zero attached hydrogens (tertiary/aromatic N) is 2. The average molecular weight is 552 g/mol. The van der Waals surface area contributed by atoms with Gasteiger partial charge in [0.2, 0.25) is 5.95 Å². The summed E-state index contributed by atoms with van der Waals surface area (Å²) in [6.07, 6.45) is 1.39. The maximum Gasteiger partial charge on any atom is 0.262 e. The molecule has 2 heterocycles. The summed E-state index contributed by atoms with van der Waals surface area (Å²) >= 11 is 0. The highest BCUT2D eigenvalue weighted by molar-refractivity contribution is 6.03. The highest BCUT2D eigenvalue weighted by Crippen LogP contribution is 2.35. The molecule has 7 rings (SSSR count). The van der Waals surface area contributed by atoms with Crippen LogP contribution in [0.3, 0.4) is 0 Å². The van der Waals surface area contributed by atoms with E-state index in [2.05, 4.69) is 35.6 Å². The number of aromatic nitrogens is 2. The standard InChI is InChI=1S/C36H29N3O3/c40-34(26-12-5-2-6-13-26)38-36-37-32-22-28(24-9-3-1-4-10-24)17-19-31(32)35(41)39(36)23-30-18-20-33(42-30)29-16-15-25-11-7-8-14-27(25)21-29/h1-17,19,21-22,30,33H,18,20,23H2,(H,37,38,40). The molecule has 5 aromatic carbocycles. The van der Waals surface area contributed by atoms with Gasteiger partial charge in [0.1, 0.15) is 0 Å². The van der Waals surface area contributed by atoms with E-state index in [4.69, 9.17) is 9.72 Å². The van der Waals surface area contributed by atoms with Crippen molar-refractivity contribution >= 4 is 33.5 Å². The van der Waals surface area contributed by atoms with E-state index in [1.165, 1.54) is 10.8 Å². The summed E-state index contributed by atoms with van der Waals surface area (Å²) < 4.78 is 8.04. The molecule has 2 unspecified atom stereocenters. The SMILES string of the molecule is O=C(Nc1nc2cc(-c3ccccc3)ccc2c(=O)n1CC1CCC(c2ccc3ccccc3c2)O1)c1ccccc1. The van der Waals surface area contributed by atoms with Crippen molar-refractivity contribution in [2.45, 2.75) is 31.6 Å². The number of ether oxygens (including phenoxy) is 1. The van der Waals surface area contributed by atoms with Crippen LogP contribution in [0.1, 0.15) is 34.9 Å². The number of amides is 1. The van der Waals surface area contributed by atoms with Crippen LogP contribution in [0.2, 0.25) is 0 Å². The zero-order valence-electron chi connectivity index (χ0n) is 22.9. The Labute approximate surface area is 243 Å². The van der Waals surface area contributed by atoms with Crippen LogP contribution in [0.25, 0.3) is 32.8 Å². The van der Waals surface area contributed by atoms with Gasteiger partial charge in [-0.05, 0) is 70.6 Å². The highest BCUT2D eigenvalue weighted by atomic mass is 16.5. The zero-order chi connectivity index (χ0) is 28.5. The number of carbonyl (C=O) groups is 1. The van der Waals surface area contributed by atoms with Gasteiger partial charge in [0, 0.05) is 5.56 Å². The summed E-state index contributed by atoms with van der Waals surface area (Å²) in [6.45, 7) is 0.288. The minimum absolute atomic E-state index is 0.0560. The molecule has 0 bridgehead atoms. The van der Waals surface area contributed by atoms with Crippen LogP contribution in [-0.4, -0.2) is 21.6 Å². The molecule has 206 valence electrons. The van der Waals surface area contributed by atoms with Gasteiger partial charge in [0.25, 0.3) is 11.5 Å². The van der Waals surface area contributed by atoms with Gasteiger partial charge < -0.3 is 4.74 Å². The van der Waals surface area contributed by atoms with E-state index in [1.807, 2.05) is 66.7 Å². The number of hydrogen-bond acceptors (Lipinski definition) is 4. The van der Waals surface area contributed by atoms with E-state index >= 15 is 0 Å². The molecule has 6 nitrogen and oxygen atoms in total. The first-order valence-corrected chi connectivity index (χ1v) is 14.2. The molecule has 1 aromatic heterocycles. The molecule has 42 heavy (non-hydrogen) atoms. The number of benzene rings is 5. The average Bonchev–Trinajstić information content (AvgIpc) is 3.52. The van der Waals surface area contributed by atoms with Crippen molar-refractivity contribution < 1.29 is 9.53 Å². The molecule has 1 aliphatic heterocycles. The molecular formula is C36H29N3O3. The number of anilines is 1. The van der Waals surface area contributed by atoms with Crippen LogP contribution < -0.4 is 10.9 Å². The number of carbonyl (C=O) groups excluding carboxylic acids is 1. The maximum atomic E-state index is 13.9. The summed E-state index contributed by atoms with van der Waals surface area (Å²) in [6, 6.07) is 39.3. The van der Waals surface area contributed by atoms with Crippen molar-refractivity contribution in [3.8, 4) is 11.1 Å². The third-order valence-electron chi connectivity index (χ3n) is 7.96. The van der Waals surface area contributed by atoms with E-state index in [0.717, 1.165) is 29.5 Å². The van der Waals surface area contributed by atoms with Crippen molar-refractivity contribution in [1.82, 2.24) is 9.55 Å². The smallest absolute Gasteiger partial charge is 0.262 e. The fraction of sp³-hybridized carbons (Fsp3) is 0.139. The van der Waals surface area contributed by atoms with Crippen LogP contribution in [0.15, 0.2) is 126 Å². The maximum absolute atomic E-state index is 13.9. The molecule has 2 atom stereocenters. The molecule has 1 saturated heterocycles. The van der Waals surface area contributed by atoms with Crippen molar-refractivity contribution in [2.75, 3.05) is 5.32 Å². The summed E-state index contributed by atoms with van der Waals surface area (Å²) in [5.41, 5.74) is 3.92. The lowest BCUT2D eigenvalue weighted by molar-refractivity contribution is 0.0348. The van der Waals surface area contributed by atoms with Gasteiger partial charge in [-0.1, -0.05) is 91.0 Å². The Balaban J connectivity index is 1.22. The minimum Gasteiger partial charge on any atom is -0.368 e. The first-order valence-electron chi connectivity index (χ1n) is 14.2. The van der Waals surface area contributed by atoms with Gasteiger partial charge >= 0.3 is 0 Å². The normalized spacial score (nSPS) is 16.6. The molecule has 1 amide bonds. The fourth-order valence-electron chi connectivity index (χ4n) is 5.76.